The molecule has 1 aromatic carbocycles. The molecule has 0 fully saturated rings. The van der Waals surface area contributed by atoms with Crippen LogP contribution < -0.4 is 5.32 Å². The van der Waals surface area contributed by atoms with Gasteiger partial charge in [-0.3, -0.25) is 4.79 Å². The van der Waals surface area contributed by atoms with Gasteiger partial charge in [-0.2, -0.15) is 0 Å². The lowest BCUT2D eigenvalue weighted by Gasteiger charge is -2.14. The summed E-state index contributed by atoms with van der Waals surface area (Å²) in [5, 5.41) is 9.34. The van der Waals surface area contributed by atoms with Crippen molar-refractivity contribution >= 4 is 19.2 Å². The van der Waals surface area contributed by atoms with Gasteiger partial charge in [-0.15, -0.1) is 5.10 Å². The van der Waals surface area contributed by atoms with Crippen molar-refractivity contribution in [3.8, 4) is 0 Å². The highest BCUT2D eigenvalue weighted by molar-refractivity contribution is 6.88. The van der Waals surface area contributed by atoms with Gasteiger partial charge in [-0.25, -0.2) is 4.68 Å². The van der Waals surface area contributed by atoms with Crippen molar-refractivity contribution < 1.29 is 4.79 Å². The van der Waals surface area contributed by atoms with Crippen molar-refractivity contribution in [2.75, 3.05) is 0 Å². The molecule has 2 aromatic rings. The van der Waals surface area contributed by atoms with Crippen LogP contribution in [0.15, 0.2) is 30.3 Å². The lowest BCUT2D eigenvalue weighted by molar-refractivity contribution is 0.100. The lowest BCUT2D eigenvalue weighted by Crippen LogP contribution is -2.42. The molecule has 0 bridgehead atoms. The number of hydrogen-bond acceptors (Lipinski definition) is 3. The predicted octanol–water partition coefficient (Wildman–Crippen LogP) is 2.07. The van der Waals surface area contributed by atoms with Gasteiger partial charge in [-0.05, 0) is 5.56 Å². The molecule has 1 heterocycles. The Morgan fingerprint density at radius 2 is 1.84 bits per heavy atom. The highest BCUT2D eigenvalue weighted by Gasteiger charge is 2.28. The van der Waals surface area contributed by atoms with E-state index in [2.05, 4.69) is 30.0 Å². The van der Waals surface area contributed by atoms with Crippen molar-refractivity contribution in [2.24, 2.45) is 0 Å². The van der Waals surface area contributed by atoms with Crippen LogP contribution in [-0.4, -0.2) is 28.9 Å². The molecule has 0 radical (unpaired) electrons. The summed E-state index contributed by atoms with van der Waals surface area (Å²) in [6.07, 6.45) is 0. The van der Waals surface area contributed by atoms with Crippen molar-refractivity contribution in [1.29, 1.82) is 0 Å². The minimum Gasteiger partial charge on any atom is -0.293 e. The van der Waals surface area contributed by atoms with Gasteiger partial charge in [0.05, 0.1) is 11.9 Å². The van der Waals surface area contributed by atoms with Gasteiger partial charge in [0.25, 0.3) is 0 Å². The molecule has 0 aliphatic heterocycles. The topological polar surface area (TPSA) is 47.8 Å². The van der Waals surface area contributed by atoms with Crippen LogP contribution in [0.4, 0.5) is 0 Å². The first-order valence-corrected chi connectivity index (χ1v) is 9.88. The second kappa shape index (κ2) is 5.09. The second-order valence-electron chi connectivity index (χ2n) is 5.74. The molecule has 0 spiro atoms. The zero-order valence-electron chi connectivity index (χ0n) is 11.8. The molecule has 19 heavy (non-hydrogen) atoms. The Bertz CT molecular complexity index is 584. The maximum atomic E-state index is 11.9. The van der Waals surface area contributed by atoms with E-state index in [1.807, 2.05) is 30.3 Å². The molecule has 0 amide bonds. The maximum absolute atomic E-state index is 11.9. The smallest absolute Gasteiger partial charge is 0.179 e. The van der Waals surface area contributed by atoms with Gasteiger partial charge in [0.15, 0.2) is 5.78 Å². The summed E-state index contributed by atoms with van der Waals surface area (Å²) < 4.78 is 1.73. The zero-order chi connectivity index (χ0) is 14.0. The number of Topliss-reactive ketones (excluding diaryl/α,β-unsaturated/α-hetero) is 1. The summed E-state index contributed by atoms with van der Waals surface area (Å²) in [7, 11) is -1.65. The number of benzene rings is 1. The Morgan fingerprint density at radius 1 is 1.21 bits per heavy atom. The normalized spacial score (nSPS) is 11.6. The number of hydrogen-bond donors (Lipinski definition) is 0. The fourth-order valence-corrected chi connectivity index (χ4v) is 3.39. The summed E-state index contributed by atoms with van der Waals surface area (Å²) in [5.41, 5.74) is 1.79. The lowest BCUT2D eigenvalue weighted by atomic mass is 10.2. The van der Waals surface area contributed by atoms with E-state index < -0.39 is 8.07 Å². The molecule has 0 unspecified atom stereocenters. The van der Waals surface area contributed by atoms with Gasteiger partial charge >= 0.3 is 0 Å². The van der Waals surface area contributed by atoms with Crippen molar-refractivity contribution in [3.05, 3.63) is 41.6 Å². The number of carbonyl (C=O) groups is 1. The maximum Gasteiger partial charge on any atom is 0.179 e. The van der Waals surface area contributed by atoms with E-state index in [0.717, 1.165) is 10.9 Å². The van der Waals surface area contributed by atoms with E-state index in [0.29, 0.717) is 12.2 Å². The number of carbonyl (C=O) groups excluding carboxylic acids is 1. The number of ketones is 1. The Balaban J connectivity index is 2.42. The highest BCUT2D eigenvalue weighted by Crippen LogP contribution is 2.08. The van der Waals surface area contributed by atoms with Crippen molar-refractivity contribution in [1.82, 2.24) is 15.0 Å². The van der Waals surface area contributed by atoms with Gasteiger partial charge in [0, 0.05) is 6.92 Å². The summed E-state index contributed by atoms with van der Waals surface area (Å²) in [6, 6.07) is 10.0. The Hall–Kier alpha value is -1.75. The third-order valence-electron chi connectivity index (χ3n) is 2.95. The van der Waals surface area contributed by atoms with Crippen LogP contribution >= 0.6 is 0 Å². The largest absolute Gasteiger partial charge is 0.293 e. The molecular weight excluding hydrogens is 254 g/mol. The SMILES string of the molecule is CC(=O)c1c([Si](C)(C)C)nnn1Cc1ccccc1. The second-order valence-corrected chi connectivity index (χ2v) is 10.7. The highest BCUT2D eigenvalue weighted by atomic mass is 28.3. The Kier molecular flexibility index (Phi) is 3.66. The van der Waals surface area contributed by atoms with E-state index in [1.165, 1.54) is 0 Å². The summed E-state index contributed by atoms with van der Waals surface area (Å²) in [6.45, 7) is 8.71. The molecule has 1 aromatic heterocycles. The van der Waals surface area contributed by atoms with E-state index >= 15 is 0 Å². The van der Waals surface area contributed by atoms with Crippen molar-refractivity contribution in [3.63, 3.8) is 0 Å². The fraction of sp³-hybridized carbons (Fsp3) is 0.357. The standard InChI is InChI=1S/C14H19N3OSi/c1-11(18)13-14(19(2,3)4)15-16-17(13)10-12-8-6-5-7-9-12/h5-9H,10H2,1-4H3. The summed E-state index contributed by atoms with van der Waals surface area (Å²) in [4.78, 5) is 11.9. The molecule has 4 nitrogen and oxygen atoms in total. The number of aromatic nitrogens is 3. The summed E-state index contributed by atoms with van der Waals surface area (Å²) >= 11 is 0. The van der Waals surface area contributed by atoms with Gasteiger partial charge < -0.3 is 0 Å². The molecule has 0 aliphatic rings. The van der Waals surface area contributed by atoms with Gasteiger partial charge in [0.1, 0.15) is 13.8 Å². The van der Waals surface area contributed by atoms with Crippen LogP contribution in [0, 0.1) is 0 Å². The molecule has 100 valence electrons. The average molecular weight is 273 g/mol. The molecule has 5 heteroatoms. The zero-order valence-corrected chi connectivity index (χ0v) is 12.8. The number of nitrogens with zero attached hydrogens (tertiary/aromatic N) is 3. The first-order chi connectivity index (χ1) is 8.89. The van der Waals surface area contributed by atoms with Crippen LogP contribution in [0.3, 0.4) is 0 Å². The fourth-order valence-electron chi connectivity index (χ4n) is 2.03. The van der Waals surface area contributed by atoms with Gasteiger partial charge in [-0.1, -0.05) is 55.2 Å². The van der Waals surface area contributed by atoms with E-state index in [-0.39, 0.29) is 5.78 Å². The molecular formula is C14H19N3OSi. The average Bonchev–Trinajstić information content (AvgIpc) is 2.74. The van der Waals surface area contributed by atoms with Crippen LogP contribution in [0.5, 0.6) is 0 Å². The van der Waals surface area contributed by atoms with Crippen LogP contribution in [0.25, 0.3) is 0 Å². The van der Waals surface area contributed by atoms with Gasteiger partial charge in [0.2, 0.25) is 0 Å². The van der Waals surface area contributed by atoms with Crippen LogP contribution in [0.2, 0.25) is 19.6 Å². The van der Waals surface area contributed by atoms with Crippen molar-refractivity contribution in [2.45, 2.75) is 33.1 Å². The summed E-state index contributed by atoms with van der Waals surface area (Å²) in [5.74, 6) is 0.0401. The van der Waals surface area contributed by atoms with Crippen LogP contribution in [0.1, 0.15) is 23.0 Å². The van der Waals surface area contributed by atoms with E-state index in [4.69, 9.17) is 0 Å². The first-order valence-electron chi connectivity index (χ1n) is 6.38. The predicted molar refractivity (Wildman–Crippen MR) is 78.6 cm³/mol. The van der Waals surface area contributed by atoms with E-state index in [9.17, 15) is 4.79 Å². The molecule has 0 saturated carbocycles. The Labute approximate surface area is 114 Å². The first kappa shape index (κ1) is 13.7. The molecule has 0 N–H and O–H groups in total. The minimum absolute atomic E-state index is 0.0401. The third-order valence-corrected chi connectivity index (χ3v) is 4.71. The molecule has 0 atom stereocenters. The monoisotopic (exact) mass is 273 g/mol. The minimum atomic E-state index is -1.65. The molecule has 0 saturated heterocycles. The van der Waals surface area contributed by atoms with E-state index in [1.54, 1.807) is 11.6 Å². The van der Waals surface area contributed by atoms with Crippen LogP contribution in [-0.2, 0) is 6.54 Å². The number of rotatable bonds is 4. The Morgan fingerprint density at radius 3 is 2.37 bits per heavy atom. The quantitative estimate of drug-likeness (QED) is 0.633. The molecule has 0 aliphatic carbocycles. The third kappa shape index (κ3) is 2.98. The molecule has 2 rings (SSSR count).